The largest absolute Gasteiger partial charge is 0.374 e. The van der Waals surface area contributed by atoms with Gasteiger partial charge in [-0.05, 0) is 36.1 Å². The molecule has 0 aliphatic carbocycles. The standard InChI is InChI=1S/C28H30O2/c1-19(2)23-11-5-21(6-12-23)9-15-25-17-29-28-26(18-30-27(25)28)16-10-22-7-13-24(14-8-22)20(3)4/h5-16,25-28H,1,3,17-18H2,2,4H3/t25-,26+,27-,28-/m1/s1. The summed E-state index contributed by atoms with van der Waals surface area (Å²) in [6.07, 6.45) is 9.10. The van der Waals surface area contributed by atoms with Crippen molar-refractivity contribution in [3.8, 4) is 0 Å². The topological polar surface area (TPSA) is 18.5 Å². The summed E-state index contributed by atoms with van der Waals surface area (Å²) in [5, 5.41) is 0. The lowest BCUT2D eigenvalue weighted by molar-refractivity contribution is 0.0658. The third kappa shape index (κ3) is 4.56. The van der Waals surface area contributed by atoms with Crippen LogP contribution in [0.2, 0.25) is 0 Å². The smallest absolute Gasteiger partial charge is 0.0928 e. The number of allylic oxidation sites excluding steroid dienone is 2. The van der Waals surface area contributed by atoms with E-state index in [2.05, 4.69) is 86.0 Å². The molecule has 0 unspecified atom stereocenters. The molecule has 2 heteroatoms. The molecule has 2 fully saturated rings. The summed E-state index contributed by atoms with van der Waals surface area (Å²) in [5.41, 5.74) is 6.91. The average Bonchev–Trinajstić information content (AvgIpc) is 3.34. The predicted molar refractivity (Wildman–Crippen MR) is 127 cm³/mol. The zero-order valence-electron chi connectivity index (χ0n) is 17.9. The highest BCUT2D eigenvalue weighted by Crippen LogP contribution is 2.36. The molecule has 0 radical (unpaired) electrons. The summed E-state index contributed by atoms with van der Waals surface area (Å²) >= 11 is 0. The zero-order valence-corrected chi connectivity index (χ0v) is 17.9. The van der Waals surface area contributed by atoms with Gasteiger partial charge in [-0.2, -0.15) is 0 Å². The summed E-state index contributed by atoms with van der Waals surface area (Å²) in [6, 6.07) is 17.0. The normalized spacial score (nSPS) is 25.8. The first kappa shape index (κ1) is 20.6. The van der Waals surface area contributed by atoms with E-state index in [4.69, 9.17) is 9.47 Å². The Labute approximate surface area is 180 Å². The molecule has 154 valence electrons. The number of ether oxygens (including phenoxy) is 2. The molecule has 2 aliphatic heterocycles. The van der Waals surface area contributed by atoms with E-state index in [-0.39, 0.29) is 12.2 Å². The van der Waals surface area contributed by atoms with Crippen LogP contribution >= 0.6 is 0 Å². The highest BCUT2D eigenvalue weighted by molar-refractivity contribution is 5.64. The third-order valence-electron chi connectivity index (χ3n) is 6.01. The van der Waals surface area contributed by atoms with Gasteiger partial charge in [0.2, 0.25) is 0 Å². The molecule has 0 bridgehead atoms. The molecule has 2 saturated heterocycles. The van der Waals surface area contributed by atoms with Gasteiger partial charge in [-0.25, -0.2) is 0 Å². The minimum atomic E-state index is 0.136. The van der Waals surface area contributed by atoms with Gasteiger partial charge >= 0.3 is 0 Å². The van der Waals surface area contributed by atoms with Gasteiger partial charge in [0, 0.05) is 11.8 Å². The van der Waals surface area contributed by atoms with E-state index < -0.39 is 0 Å². The Hall–Kier alpha value is -2.68. The van der Waals surface area contributed by atoms with Gasteiger partial charge in [-0.3, -0.25) is 0 Å². The first-order valence-electron chi connectivity index (χ1n) is 10.6. The molecule has 2 aliphatic rings. The zero-order chi connectivity index (χ0) is 21.1. The quantitative estimate of drug-likeness (QED) is 0.552. The van der Waals surface area contributed by atoms with Crippen LogP contribution < -0.4 is 0 Å². The summed E-state index contributed by atoms with van der Waals surface area (Å²) in [7, 11) is 0. The summed E-state index contributed by atoms with van der Waals surface area (Å²) in [6.45, 7) is 13.5. The Kier molecular flexibility index (Phi) is 6.17. The van der Waals surface area contributed by atoms with Crippen LogP contribution in [0, 0.1) is 11.8 Å². The van der Waals surface area contributed by atoms with Gasteiger partial charge in [-0.15, -0.1) is 0 Å². The van der Waals surface area contributed by atoms with E-state index in [1.54, 1.807) is 0 Å². The van der Waals surface area contributed by atoms with Crippen LogP contribution in [0.3, 0.4) is 0 Å². The Morgan fingerprint density at radius 2 is 1.07 bits per heavy atom. The number of benzene rings is 2. The highest BCUT2D eigenvalue weighted by atomic mass is 16.6. The van der Waals surface area contributed by atoms with Crippen LogP contribution in [-0.2, 0) is 9.47 Å². The van der Waals surface area contributed by atoms with Crippen molar-refractivity contribution in [2.75, 3.05) is 13.2 Å². The summed E-state index contributed by atoms with van der Waals surface area (Å²) < 4.78 is 12.3. The van der Waals surface area contributed by atoms with Gasteiger partial charge in [0.15, 0.2) is 0 Å². The lowest BCUT2D eigenvalue weighted by Gasteiger charge is -2.13. The molecular formula is C28H30O2. The minimum absolute atomic E-state index is 0.136. The van der Waals surface area contributed by atoms with Crippen molar-refractivity contribution in [3.05, 3.63) is 96.1 Å². The molecule has 2 nitrogen and oxygen atoms in total. The van der Waals surface area contributed by atoms with Gasteiger partial charge in [0.05, 0.1) is 25.4 Å². The van der Waals surface area contributed by atoms with Crippen LogP contribution in [-0.4, -0.2) is 25.4 Å². The molecular weight excluding hydrogens is 368 g/mol. The Bertz CT molecular complexity index is 881. The molecule has 2 aromatic rings. The maximum Gasteiger partial charge on any atom is 0.0928 e. The van der Waals surface area contributed by atoms with E-state index in [0.717, 1.165) is 11.1 Å². The molecule has 0 saturated carbocycles. The summed E-state index contributed by atoms with van der Waals surface area (Å²) in [4.78, 5) is 0. The van der Waals surface area contributed by atoms with Crippen molar-refractivity contribution in [2.24, 2.45) is 11.8 Å². The molecule has 30 heavy (non-hydrogen) atoms. The van der Waals surface area contributed by atoms with E-state index in [0.29, 0.717) is 25.0 Å². The highest BCUT2D eigenvalue weighted by Gasteiger charge is 2.45. The molecule has 0 amide bonds. The van der Waals surface area contributed by atoms with Crippen LogP contribution in [0.15, 0.2) is 73.8 Å². The SMILES string of the molecule is C=C(C)c1ccc(C=C[C@@H]2CO[C@H]3[C@@H]2OC[C@@H]3C=Cc2ccc(C(=C)C)cc2)cc1. The fourth-order valence-electron chi connectivity index (χ4n) is 4.12. The van der Waals surface area contributed by atoms with Crippen LogP contribution in [0.4, 0.5) is 0 Å². The van der Waals surface area contributed by atoms with Gasteiger partial charge in [0.25, 0.3) is 0 Å². The van der Waals surface area contributed by atoms with Crippen molar-refractivity contribution in [2.45, 2.75) is 26.1 Å². The predicted octanol–water partition coefficient (Wildman–Crippen LogP) is 6.51. The second kappa shape index (κ2) is 8.99. The second-order valence-electron chi connectivity index (χ2n) is 8.45. The van der Waals surface area contributed by atoms with Crippen molar-refractivity contribution in [1.29, 1.82) is 0 Å². The van der Waals surface area contributed by atoms with Crippen molar-refractivity contribution >= 4 is 23.3 Å². The first-order valence-corrected chi connectivity index (χ1v) is 10.6. The van der Waals surface area contributed by atoms with Gasteiger partial charge in [0.1, 0.15) is 0 Å². The Morgan fingerprint density at radius 1 is 0.700 bits per heavy atom. The van der Waals surface area contributed by atoms with Crippen molar-refractivity contribution in [1.82, 2.24) is 0 Å². The molecule has 0 N–H and O–H groups in total. The van der Waals surface area contributed by atoms with Crippen LogP contribution in [0.25, 0.3) is 23.3 Å². The number of fused-ring (bicyclic) bond motifs is 1. The first-order chi connectivity index (χ1) is 14.5. The summed E-state index contributed by atoms with van der Waals surface area (Å²) in [5.74, 6) is 0.591. The monoisotopic (exact) mass is 398 g/mol. The van der Waals surface area contributed by atoms with E-state index >= 15 is 0 Å². The lowest BCUT2D eigenvalue weighted by Crippen LogP contribution is -2.24. The second-order valence-corrected chi connectivity index (χ2v) is 8.45. The molecule has 0 spiro atoms. The maximum atomic E-state index is 6.13. The fraction of sp³-hybridized carbons (Fsp3) is 0.286. The van der Waals surface area contributed by atoms with E-state index in [1.165, 1.54) is 22.3 Å². The van der Waals surface area contributed by atoms with Crippen molar-refractivity contribution in [3.63, 3.8) is 0 Å². The third-order valence-corrected chi connectivity index (χ3v) is 6.01. The van der Waals surface area contributed by atoms with E-state index in [9.17, 15) is 0 Å². The molecule has 2 heterocycles. The lowest BCUT2D eigenvalue weighted by atomic mass is 9.94. The minimum Gasteiger partial charge on any atom is -0.374 e. The molecule has 0 aromatic heterocycles. The Balaban J connectivity index is 1.37. The van der Waals surface area contributed by atoms with Gasteiger partial charge < -0.3 is 9.47 Å². The van der Waals surface area contributed by atoms with Crippen LogP contribution in [0.5, 0.6) is 0 Å². The van der Waals surface area contributed by atoms with Gasteiger partial charge in [-0.1, -0.05) is 97.1 Å². The van der Waals surface area contributed by atoms with E-state index in [1.807, 2.05) is 13.8 Å². The maximum absolute atomic E-state index is 6.13. The Morgan fingerprint density at radius 3 is 1.40 bits per heavy atom. The number of hydrogen-bond acceptors (Lipinski definition) is 2. The van der Waals surface area contributed by atoms with Crippen molar-refractivity contribution < 1.29 is 9.47 Å². The molecule has 2 aromatic carbocycles. The molecule has 4 rings (SSSR count). The number of hydrogen-bond donors (Lipinski definition) is 0. The van der Waals surface area contributed by atoms with Crippen LogP contribution in [0.1, 0.15) is 36.1 Å². The average molecular weight is 399 g/mol. The fourth-order valence-corrected chi connectivity index (χ4v) is 4.12. The number of rotatable bonds is 6. The molecule has 4 atom stereocenters.